The zero-order chi connectivity index (χ0) is 19.2. The summed E-state index contributed by atoms with van der Waals surface area (Å²) < 4.78 is 6.51. The quantitative estimate of drug-likeness (QED) is 0.629. The number of carbonyl (C=O) groups is 1. The molecular formula is C22H28BrNO2. The van der Waals surface area contributed by atoms with E-state index >= 15 is 0 Å². The van der Waals surface area contributed by atoms with Gasteiger partial charge >= 0.3 is 0 Å². The summed E-state index contributed by atoms with van der Waals surface area (Å²) in [6.45, 7) is 9.26. The van der Waals surface area contributed by atoms with E-state index in [1.807, 2.05) is 12.1 Å². The van der Waals surface area contributed by atoms with E-state index in [2.05, 4.69) is 79.3 Å². The van der Waals surface area contributed by atoms with Gasteiger partial charge in [-0.05, 0) is 64.4 Å². The summed E-state index contributed by atoms with van der Waals surface area (Å²) in [4.78, 5) is 12.0. The molecule has 0 heterocycles. The first-order valence-corrected chi connectivity index (χ1v) is 9.80. The summed E-state index contributed by atoms with van der Waals surface area (Å²) in [6, 6.07) is 14.5. The number of aryl methyl sites for hydroxylation is 2. The molecule has 0 aliphatic heterocycles. The molecule has 0 fully saturated rings. The minimum absolute atomic E-state index is 0.0258. The Morgan fingerprint density at radius 2 is 1.81 bits per heavy atom. The average Bonchev–Trinajstić information content (AvgIpc) is 2.58. The van der Waals surface area contributed by atoms with Crippen LogP contribution in [-0.4, -0.2) is 19.1 Å². The van der Waals surface area contributed by atoms with Crippen molar-refractivity contribution in [1.29, 1.82) is 0 Å². The lowest BCUT2D eigenvalue weighted by atomic mass is 9.87. The smallest absolute Gasteiger partial charge is 0.257 e. The van der Waals surface area contributed by atoms with Gasteiger partial charge in [0.1, 0.15) is 5.75 Å². The van der Waals surface area contributed by atoms with E-state index < -0.39 is 0 Å². The normalized spacial score (nSPS) is 11.3. The maximum absolute atomic E-state index is 12.0. The number of ether oxygens (including phenoxy) is 1. The average molecular weight is 418 g/mol. The summed E-state index contributed by atoms with van der Waals surface area (Å²) in [5.74, 6) is 0.591. The molecule has 0 bridgehead atoms. The van der Waals surface area contributed by atoms with Gasteiger partial charge in [-0.15, -0.1) is 0 Å². The first kappa shape index (κ1) is 20.5. The van der Waals surface area contributed by atoms with Gasteiger partial charge in [-0.2, -0.15) is 0 Å². The highest BCUT2D eigenvalue weighted by Crippen LogP contribution is 2.31. The third-order valence-corrected chi connectivity index (χ3v) is 4.86. The van der Waals surface area contributed by atoms with Crippen molar-refractivity contribution in [2.24, 2.45) is 0 Å². The van der Waals surface area contributed by atoms with Crippen molar-refractivity contribution in [1.82, 2.24) is 5.32 Å². The SMILES string of the molecule is Cc1ccc(CCCNC(=O)COc2ccc(C(C)(C)C)cc2Br)cc1. The number of halogens is 1. The molecule has 0 aliphatic carbocycles. The number of benzene rings is 2. The fourth-order valence-electron chi connectivity index (χ4n) is 2.55. The summed E-state index contributed by atoms with van der Waals surface area (Å²) in [6.07, 6.45) is 1.88. The number of hydrogen-bond acceptors (Lipinski definition) is 2. The van der Waals surface area contributed by atoms with Gasteiger partial charge in [-0.25, -0.2) is 0 Å². The van der Waals surface area contributed by atoms with Crippen molar-refractivity contribution in [2.75, 3.05) is 13.2 Å². The van der Waals surface area contributed by atoms with Crippen LogP contribution in [0.2, 0.25) is 0 Å². The molecule has 140 valence electrons. The minimum Gasteiger partial charge on any atom is -0.483 e. The summed E-state index contributed by atoms with van der Waals surface area (Å²) in [7, 11) is 0. The monoisotopic (exact) mass is 417 g/mol. The Bertz CT molecular complexity index is 733. The second kappa shape index (κ2) is 9.22. The molecule has 0 radical (unpaired) electrons. The Kier molecular flexibility index (Phi) is 7.27. The van der Waals surface area contributed by atoms with Gasteiger partial charge in [-0.3, -0.25) is 4.79 Å². The molecule has 3 nitrogen and oxygen atoms in total. The standard InChI is InChI=1S/C22H28BrNO2/c1-16-7-9-17(10-8-16)6-5-13-24-21(25)15-26-20-12-11-18(14-19(20)23)22(2,3)4/h7-12,14H,5-6,13,15H2,1-4H3,(H,24,25). The van der Waals surface area contributed by atoms with Gasteiger partial charge in [0.05, 0.1) is 4.47 Å². The minimum atomic E-state index is -0.0966. The topological polar surface area (TPSA) is 38.3 Å². The summed E-state index contributed by atoms with van der Waals surface area (Å²) in [5.41, 5.74) is 3.86. The first-order chi connectivity index (χ1) is 12.3. The highest BCUT2D eigenvalue weighted by molar-refractivity contribution is 9.10. The molecule has 4 heteroatoms. The zero-order valence-corrected chi connectivity index (χ0v) is 17.7. The molecule has 26 heavy (non-hydrogen) atoms. The fourth-order valence-corrected chi connectivity index (χ4v) is 3.05. The zero-order valence-electron chi connectivity index (χ0n) is 16.1. The van der Waals surface area contributed by atoms with Crippen LogP contribution in [0.1, 0.15) is 43.9 Å². The van der Waals surface area contributed by atoms with Gasteiger partial charge in [0, 0.05) is 6.54 Å². The molecule has 0 saturated carbocycles. The Balaban J connectivity index is 1.72. The molecule has 0 spiro atoms. The van der Waals surface area contributed by atoms with Crippen LogP contribution in [0.4, 0.5) is 0 Å². The predicted molar refractivity (Wildman–Crippen MR) is 111 cm³/mol. The molecule has 2 rings (SSSR count). The Labute approximate surface area is 165 Å². The number of nitrogens with one attached hydrogen (secondary N) is 1. The van der Waals surface area contributed by atoms with Crippen molar-refractivity contribution in [3.8, 4) is 5.75 Å². The highest BCUT2D eigenvalue weighted by atomic mass is 79.9. The lowest BCUT2D eigenvalue weighted by molar-refractivity contribution is -0.123. The molecule has 1 amide bonds. The largest absolute Gasteiger partial charge is 0.483 e. The van der Waals surface area contributed by atoms with Crippen molar-refractivity contribution < 1.29 is 9.53 Å². The van der Waals surface area contributed by atoms with Crippen LogP contribution in [0.25, 0.3) is 0 Å². The second-order valence-corrected chi connectivity index (χ2v) is 8.48. The third-order valence-electron chi connectivity index (χ3n) is 4.24. The highest BCUT2D eigenvalue weighted by Gasteiger charge is 2.15. The van der Waals surface area contributed by atoms with Crippen molar-refractivity contribution in [3.63, 3.8) is 0 Å². The van der Waals surface area contributed by atoms with Crippen LogP contribution >= 0.6 is 15.9 Å². The van der Waals surface area contributed by atoms with Gasteiger partial charge in [0.15, 0.2) is 6.61 Å². The molecule has 0 aliphatic rings. The maximum atomic E-state index is 12.0. The molecule has 0 saturated heterocycles. The maximum Gasteiger partial charge on any atom is 0.257 e. The van der Waals surface area contributed by atoms with Crippen LogP contribution in [0, 0.1) is 6.92 Å². The lowest BCUT2D eigenvalue weighted by Crippen LogP contribution is -2.30. The van der Waals surface area contributed by atoms with E-state index in [4.69, 9.17) is 4.74 Å². The molecule has 0 aromatic heterocycles. The number of amides is 1. The summed E-state index contributed by atoms with van der Waals surface area (Å²) >= 11 is 3.53. The van der Waals surface area contributed by atoms with Crippen LogP contribution in [0.3, 0.4) is 0 Å². The van der Waals surface area contributed by atoms with Crippen molar-refractivity contribution in [3.05, 3.63) is 63.6 Å². The Hall–Kier alpha value is -1.81. The van der Waals surface area contributed by atoms with Crippen molar-refractivity contribution >= 4 is 21.8 Å². The van der Waals surface area contributed by atoms with E-state index in [1.54, 1.807) is 0 Å². The number of carbonyl (C=O) groups excluding carboxylic acids is 1. The molecule has 0 unspecified atom stereocenters. The van der Waals surface area contributed by atoms with Crippen LogP contribution in [-0.2, 0) is 16.6 Å². The lowest BCUT2D eigenvalue weighted by Gasteiger charge is -2.20. The van der Waals surface area contributed by atoms with E-state index in [0.717, 1.165) is 17.3 Å². The van der Waals surface area contributed by atoms with Gasteiger partial charge in [-0.1, -0.05) is 56.7 Å². The molecule has 2 aromatic rings. The van der Waals surface area contributed by atoms with Crippen LogP contribution in [0.5, 0.6) is 5.75 Å². The van der Waals surface area contributed by atoms with E-state index in [1.165, 1.54) is 16.7 Å². The van der Waals surface area contributed by atoms with E-state index in [-0.39, 0.29) is 17.9 Å². The van der Waals surface area contributed by atoms with Crippen LogP contribution < -0.4 is 10.1 Å². The first-order valence-electron chi connectivity index (χ1n) is 9.01. The summed E-state index contributed by atoms with van der Waals surface area (Å²) in [5, 5.41) is 2.91. The van der Waals surface area contributed by atoms with E-state index in [9.17, 15) is 4.79 Å². The van der Waals surface area contributed by atoms with Crippen LogP contribution in [0.15, 0.2) is 46.9 Å². The fraction of sp³-hybridized carbons (Fsp3) is 0.409. The Morgan fingerprint density at radius 3 is 2.42 bits per heavy atom. The molecule has 0 atom stereocenters. The molecular weight excluding hydrogens is 390 g/mol. The third kappa shape index (κ3) is 6.49. The van der Waals surface area contributed by atoms with Gasteiger partial charge in [0.25, 0.3) is 5.91 Å². The Morgan fingerprint density at radius 1 is 1.12 bits per heavy atom. The molecule has 1 N–H and O–H groups in total. The second-order valence-electron chi connectivity index (χ2n) is 7.62. The number of hydrogen-bond donors (Lipinski definition) is 1. The van der Waals surface area contributed by atoms with Gasteiger partial charge in [0.2, 0.25) is 0 Å². The molecule has 2 aromatic carbocycles. The van der Waals surface area contributed by atoms with E-state index in [0.29, 0.717) is 12.3 Å². The van der Waals surface area contributed by atoms with Gasteiger partial charge < -0.3 is 10.1 Å². The van der Waals surface area contributed by atoms with Crippen molar-refractivity contribution in [2.45, 2.75) is 46.0 Å². The predicted octanol–water partition coefficient (Wildman–Crippen LogP) is 5.18. The number of rotatable bonds is 7.